The third-order valence-corrected chi connectivity index (χ3v) is 6.76. The first-order valence-corrected chi connectivity index (χ1v) is 11.3. The fourth-order valence-corrected chi connectivity index (χ4v) is 3.97. The van der Waals surface area contributed by atoms with Gasteiger partial charge in [0.25, 0.3) is 5.91 Å². The lowest BCUT2D eigenvalue weighted by atomic mass is 10.2. The first-order chi connectivity index (χ1) is 14.2. The highest BCUT2D eigenvalue weighted by atomic mass is 32.2. The lowest BCUT2D eigenvalue weighted by molar-refractivity contribution is 0.102. The molecule has 0 unspecified atom stereocenters. The van der Waals surface area contributed by atoms with E-state index in [2.05, 4.69) is 12.2 Å². The molecule has 1 N–H and O–H groups in total. The SMILES string of the molecule is CCCCOc1ccc(OC)cc1NC(=O)c1ccc(S(=O)(=O)N(C)C(C)C)cc1. The van der Waals surface area contributed by atoms with Gasteiger partial charge in [0.05, 0.1) is 24.3 Å². The lowest BCUT2D eigenvalue weighted by Crippen LogP contribution is -2.33. The number of carbonyl (C=O) groups excluding carboxylic acids is 1. The Morgan fingerprint density at radius 3 is 2.37 bits per heavy atom. The van der Waals surface area contributed by atoms with E-state index in [-0.39, 0.29) is 16.8 Å². The first-order valence-electron chi connectivity index (χ1n) is 9.91. The monoisotopic (exact) mass is 434 g/mol. The average Bonchev–Trinajstić information content (AvgIpc) is 2.74. The van der Waals surface area contributed by atoms with Crippen molar-refractivity contribution in [2.45, 2.75) is 44.6 Å². The molecule has 0 spiro atoms. The Morgan fingerprint density at radius 2 is 1.80 bits per heavy atom. The zero-order valence-corrected chi connectivity index (χ0v) is 19.0. The minimum absolute atomic E-state index is 0.139. The van der Waals surface area contributed by atoms with Gasteiger partial charge in [-0.1, -0.05) is 13.3 Å². The molecule has 0 aromatic heterocycles. The highest BCUT2D eigenvalue weighted by molar-refractivity contribution is 7.89. The summed E-state index contributed by atoms with van der Waals surface area (Å²) >= 11 is 0. The van der Waals surface area contributed by atoms with Crippen molar-refractivity contribution in [3.63, 3.8) is 0 Å². The molecule has 0 aliphatic heterocycles. The Hall–Kier alpha value is -2.58. The van der Waals surface area contributed by atoms with Crippen LogP contribution in [0.15, 0.2) is 47.4 Å². The molecular weight excluding hydrogens is 404 g/mol. The number of benzene rings is 2. The summed E-state index contributed by atoms with van der Waals surface area (Å²) in [5.74, 6) is 0.770. The predicted octanol–water partition coefficient (Wildman–Crippen LogP) is 4.16. The molecule has 0 bridgehead atoms. The number of sulfonamides is 1. The fraction of sp³-hybridized carbons (Fsp3) is 0.409. The number of rotatable bonds is 10. The maximum atomic E-state index is 12.7. The summed E-state index contributed by atoms with van der Waals surface area (Å²) in [5, 5.41) is 2.82. The number of ether oxygens (including phenoxy) is 2. The molecule has 7 nitrogen and oxygen atoms in total. The second-order valence-corrected chi connectivity index (χ2v) is 9.16. The molecule has 30 heavy (non-hydrogen) atoms. The number of nitrogens with one attached hydrogen (secondary N) is 1. The van der Waals surface area contributed by atoms with Crippen molar-refractivity contribution >= 4 is 21.6 Å². The van der Waals surface area contributed by atoms with E-state index in [1.165, 1.54) is 35.6 Å². The Labute approximate surface area is 179 Å². The predicted molar refractivity (Wildman–Crippen MR) is 118 cm³/mol. The smallest absolute Gasteiger partial charge is 0.255 e. The number of amides is 1. The number of carbonyl (C=O) groups is 1. The molecule has 0 fully saturated rings. The topological polar surface area (TPSA) is 84.9 Å². The van der Waals surface area contributed by atoms with Crippen LogP contribution in [0, 0.1) is 0 Å². The maximum Gasteiger partial charge on any atom is 0.255 e. The van der Waals surface area contributed by atoms with Gasteiger partial charge in [0.1, 0.15) is 11.5 Å². The minimum Gasteiger partial charge on any atom is -0.497 e. The molecule has 2 aromatic rings. The number of methoxy groups -OCH3 is 1. The number of unbranched alkanes of at least 4 members (excludes halogenated alkanes) is 1. The van der Waals surface area contributed by atoms with E-state index in [1.807, 2.05) is 0 Å². The van der Waals surface area contributed by atoms with Crippen LogP contribution in [0.1, 0.15) is 44.0 Å². The second-order valence-electron chi connectivity index (χ2n) is 7.16. The number of hydrogen-bond acceptors (Lipinski definition) is 5. The summed E-state index contributed by atoms with van der Waals surface area (Å²) in [4.78, 5) is 12.9. The van der Waals surface area contributed by atoms with Crippen LogP contribution in [0.5, 0.6) is 11.5 Å². The number of anilines is 1. The van der Waals surface area contributed by atoms with Crippen LogP contribution < -0.4 is 14.8 Å². The largest absolute Gasteiger partial charge is 0.497 e. The van der Waals surface area contributed by atoms with E-state index in [0.717, 1.165) is 12.8 Å². The molecule has 0 aliphatic rings. The molecule has 0 aliphatic carbocycles. The highest BCUT2D eigenvalue weighted by Gasteiger charge is 2.23. The Morgan fingerprint density at radius 1 is 1.13 bits per heavy atom. The average molecular weight is 435 g/mol. The molecule has 8 heteroatoms. The lowest BCUT2D eigenvalue weighted by Gasteiger charge is -2.21. The van der Waals surface area contributed by atoms with Crippen LogP contribution in [-0.4, -0.2) is 45.4 Å². The number of nitrogens with zero attached hydrogens (tertiary/aromatic N) is 1. The van der Waals surface area contributed by atoms with Gasteiger partial charge < -0.3 is 14.8 Å². The van der Waals surface area contributed by atoms with Crippen molar-refractivity contribution in [2.24, 2.45) is 0 Å². The van der Waals surface area contributed by atoms with Crippen LogP contribution in [0.2, 0.25) is 0 Å². The molecule has 1 amide bonds. The van der Waals surface area contributed by atoms with Crippen molar-refractivity contribution in [1.29, 1.82) is 0 Å². The summed E-state index contributed by atoms with van der Waals surface area (Å²) in [6.07, 6.45) is 1.90. The van der Waals surface area contributed by atoms with E-state index in [1.54, 1.807) is 39.2 Å². The van der Waals surface area contributed by atoms with Gasteiger partial charge in [0.2, 0.25) is 10.0 Å². The Balaban J connectivity index is 2.22. The molecule has 164 valence electrons. The summed E-state index contributed by atoms with van der Waals surface area (Å²) in [6.45, 7) is 6.21. The van der Waals surface area contributed by atoms with E-state index in [4.69, 9.17) is 9.47 Å². The zero-order valence-electron chi connectivity index (χ0n) is 18.1. The van der Waals surface area contributed by atoms with Crippen LogP contribution in [0.4, 0.5) is 5.69 Å². The highest BCUT2D eigenvalue weighted by Crippen LogP contribution is 2.30. The standard InChI is InChI=1S/C22H30N2O5S/c1-6-7-14-29-21-13-10-18(28-5)15-20(21)23-22(25)17-8-11-19(12-9-17)30(26,27)24(4)16(2)3/h8-13,15-16H,6-7,14H2,1-5H3,(H,23,25). The van der Waals surface area contributed by atoms with Gasteiger partial charge in [0.15, 0.2) is 0 Å². The quantitative estimate of drug-likeness (QED) is 0.568. The fourth-order valence-electron chi connectivity index (χ4n) is 2.60. The Bertz CT molecular complexity index is 956. The molecule has 0 radical (unpaired) electrons. The molecular formula is C22H30N2O5S. The van der Waals surface area contributed by atoms with E-state index < -0.39 is 10.0 Å². The summed E-state index contributed by atoms with van der Waals surface area (Å²) < 4.78 is 37.5. The van der Waals surface area contributed by atoms with E-state index in [0.29, 0.717) is 29.4 Å². The van der Waals surface area contributed by atoms with Gasteiger partial charge in [0, 0.05) is 24.7 Å². The molecule has 2 rings (SSSR count). The van der Waals surface area contributed by atoms with Crippen molar-refractivity contribution in [1.82, 2.24) is 4.31 Å². The Kier molecular flexibility index (Phi) is 8.25. The molecule has 0 saturated heterocycles. The third kappa shape index (κ3) is 5.73. The molecule has 2 aromatic carbocycles. The summed E-state index contributed by atoms with van der Waals surface area (Å²) in [7, 11) is -0.524. The first kappa shape index (κ1) is 23.7. The van der Waals surface area contributed by atoms with Crippen molar-refractivity contribution in [3.05, 3.63) is 48.0 Å². The molecule has 0 heterocycles. The van der Waals surface area contributed by atoms with Crippen LogP contribution in [0.25, 0.3) is 0 Å². The van der Waals surface area contributed by atoms with E-state index in [9.17, 15) is 13.2 Å². The zero-order chi connectivity index (χ0) is 22.3. The van der Waals surface area contributed by atoms with Gasteiger partial charge in [-0.25, -0.2) is 8.42 Å². The van der Waals surface area contributed by atoms with Gasteiger partial charge in [-0.05, 0) is 56.7 Å². The minimum atomic E-state index is -3.60. The van der Waals surface area contributed by atoms with Crippen molar-refractivity contribution in [3.8, 4) is 11.5 Å². The van der Waals surface area contributed by atoms with Gasteiger partial charge in [-0.15, -0.1) is 0 Å². The third-order valence-electron chi connectivity index (χ3n) is 4.71. The van der Waals surface area contributed by atoms with Gasteiger partial charge >= 0.3 is 0 Å². The van der Waals surface area contributed by atoms with Gasteiger partial charge in [-0.2, -0.15) is 4.31 Å². The maximum absolute atomic E-state index is 12.7. The van der Waals surface area contributed by atoms with Crippen LogP contribution in [0.3, 0.4) is 0 Å². The van der Waals surface area contributed by atoms with Crippen LogP contribution >= 0.6 is 0 Å². The normalized spacial score (nSPS) is 11.6. The summed E-state index contributed by atoms with van der Waals surface area (Å²) in [5.41, 5.74) is 0.829. The number of hydrogen-bond donors (Lipinski definition) is 1. The van der Waals surface area contributed by atoms with E-state index >= 15 is 0 Å². The van der Waals surface area contributed by atoms with Crippen molar-refractivity contribution < 1.29 is 22.7 Å². The molecule has 0 saturated carbocycles. The van der Waals surface area contributed by atoms with Crippen molar-refractivity contribution in [2.75, 3.05) is 26.1 Å². The molecule has 0 atom stereocenters. The van der Waals surface area contributed by atoms with Crippen LogP contribution in [-0.2, 0) is 10.0 Å². The summed E-state index contributed by atoms with van der Waals surface area (Å²) in [6, 6.07) is 10.9. The second kappa shape index (κ2) is 10.4. The van der Waals surface area contributed by atoms with Gasteiger partial charge in [-0.3, -0.25) is 4.79 Å².